The zero-order valence-corrected chi connectivity index (χ0v) is 21.3. The molecule has 2 amide bonds. The number of hydrogen-bond donors (Lipinski definition) is 1. The third-order valence-corrected chi connectivity index (χ3v) is 8.04. The van der Waals surface area contributed by atoms with E-state index in [4.69, 9.17) is 4.74 Å². The quantitative estimate of drug-likeness (QED) is 0.606. The van der Waals surface area contributed by atoms with Crippen molar-refractivity contribution >= 4 is 17.5 Å². The fourth-order valence-electron chi connectivity index (χ4n) is 6.19. The highest BCUT2D eigenvalue weighted by Crippen LogP contribution is 2.34. The minimum atomic E-state index is -0.398. The van der Waals surface area contributed by atoms with E-state index in [0.717, 1.165) is 24.2 Å². The van der Waals surface area contributed by atoms with E-state index >= 15 is 0 Å². The summed E-state index contributed by atoms with van der Waals surface area (Å²) in [5.41, 5.74) is 2.36. The molecule has 7 nitrogen and oxygen atoms in total. The second-order valence-electron chi connectivity index (χ2n) is 10.3. The summed E-state index contributed by atoms with van der Waals surface area (Å²) in [4.78, 5) is 33.7. The van der Waals surface area contributed by atoms with Gasteiger partial charge in [0.1, 0.15) is 12.7 Å². The molecule has 3 heterocycles. The van der Waals surface area contributed by atoms with Gasteiger partial charge in [-0.05, 0) is 62.4 Å². The lowest BCUT2D eigenvalue weighted by molar-refractivity contribution is -0.134. The van der Waals surface area contributed by atoms with Gasteiger partial charge in [-0.2, -0.15) is 0 Å². The van der Waals surface area contributed by atoms with Gasteiger partial charge in [-0.25, -0.2) is 0 Å². The fourth-order valence-corrected chi connectivity index (χ4v) is 6.19. The Labute approximate surface area is 214 Å². The Morgan fingerprint density at radius 3 is 2.64 bits per heavy atom. The van der Waals surface area contributed by atoms with Crippen LogP contribution in [-0.2, 0) is 9.53 Å². The van der Waals surface area contributed by atoms with Crippen molar-refractivity contribution in [2.45, 2.75) is 44.3 Å². The second kappa shape index (κ2) is 11.4. The average molecular weight is 491 g/mol. The second-order valence-corrected chi connectivity index (χ2v) is 10.3. The molecule has 0 saturated carbocycles. The van der Waals surface area contributed by atoms with Crippen molar-refractivity contribution in [3.05, 3.63) is 65.7 Å². The molecule has 0 aromatic heterocycles. The number of piperidine rings is 2. The molecule has 0 aliphatic carbocycles. The van der Waals surface area contributed by atoms with E-state index in [2.05, 4.69) is 10.2 Å². The van der Waals surface area contributed by atoms with Crippen LogP contribution in [0.1, 0.15) is 54.2 Å². The van der Waals surface area contributed by atoms with Crippen molar-refractivity contribution in [2.24, 2.45) is 5.92 Å². The van der Waals surface area contributed by atoms with E-state index in [1.165, 1.54) is 38.8 Å². The fraction of sp³-hybridized carbons (Fsp3) is 0.517. The number of benzene rings is 2. The van der Waals surface area contributed by atoms with Gasteiger partial charge in [-0.15, -0.1) is 0 Å². The maximum Gasteiger partial charge on any atom is 0.258 e. The minimum absolute atomic E-state index is 0.0181. The number of nitrogens with one attached hydrogen (secondary N) is 1. The van der Waals surface area contributed by atoms with E-state index in [1.54, 1.807) is 12.0 Å². The number of anilines is 1. The topological polar surface area (TPSA) is 65.1 Å². The first-order valence-corrected chi connectivity index (χ1v) is 13.4. The minimum Gasteiger partial charge on any atom is -0.383 e. The molecule has 7 heteroatoms. The zero-order valence-electron chi connectivity index (χ0n) is 21.3. The van der Waals surface area contributed by atoms with Crippen molar-refractivity contribution in [3.8, 4) is 0 Å². The lowest BCUT2D eigenvalue weighted by atomic mass is 9.83. The predicted molar refractivity (Wildman–Crippen MR) is 141 cm³/mol. The number of methoxy groups -OCH3 is 1. The highest BCUT2D eigenvalue weighted by Gasteiger charge is 2.37. The van der Waals surface area contributed by atoms with Crippen LogP contribution in [0.2, 0.25) is 0 Å². The lowest BCUT2D eigenvalue weighted by Crippen LogP contribution is -2.54. The molecule has 36 heavy (non-hydrogen) atoms. The van der Waals surface area contributed by atoms with Crippen LogP contribution in [-0.4, -0.2) is 79.0 Å². The van der Waals surface area contributed by atoms with E-state index in [9.17, 15) is 9.59 Å². The molecule has 3 aliphatic rings. The Balaban J connectivity index is 1.37. The van der Waals surface area contributed by atoms with Crippen LogP contribution in [0.25, 0.3) is 0 Å². The van der Waals surface area contributed by atoms with Gasteiger partial charge in [0.2, 0.25) is 5.91 Å². The van der Waals surface area contributed by atoms with Crippen molar-refractivity contribution in [2.75, 3.05) is 51.8 Å². The Morgan fingerprint density at radius 2 is 1.81 bits per heavy atom. The Bertz CT molecular complexity index is 1040. The van der Waals surface area contributed by atoms with E-state index in [1.807, 2.05) is 59.5 Å². The molecule has 3 atom stereocenters. The van der Waals surface area contributed by atoms with E-state index in [-0.39, 0.29) is 18.4 Å². The van der Waals surface area contributed by atoms with Gasteiger partial charge in [-0.3, -0.25) is 9.59 Å². The van der Waals surface area contributed by atoms with Gasteiger partial charge in [0.15, 0.2) is 0 Å². The molecule has 5 rings (SSSR count). The molecule has 0 radical (unpaired) electrons. The van der Waals surface area contributed by atoms with Gasteiger partial charge < -0.3 is 24.8 Å². The largest absolute Gasteiger partial charge is 0.383 e. The number of fused-ring (bicyclic) bond motifs is 2. The number of rotatable bonds is 8. The Hall–Kier alpha value is -2.90. The van der Waals surface area contributed by atoms with Gasteiger partial charge >= 0.3 is 0 Å². The highest BCUT2D eigenvalue weighted by molar-refractivity contribution is 6.03. The van der Waals surface area contributed by atoms with Crippen molar-refractivity contribution < 1.29 is 14.3 Å². The molecule has 1 N–H and O–H groups in total. The van der Waals surface area contributed by atoms with Crippen LogP contribution >= 0.6 is 0 Å². The summed E-state index contributed by atoms with van der Waals surface area (Å²) in [7, 11) is 1.67. The number of hydrogen-bond acceptors (Lipinski definition) is 5. The number of amides is 2. The molecular formula is C29H38N4O3. The SMILES string of the molecule is COCCN(C[C@@H]1CCCN2CCCC[C@H]12)C(=O)CN1C(=O)c2ccccc2N[C@H]1c1ccccc1. The summed E-state index contributed by atoms with van der Waals surface area (Å²) in [6, 6.07) is 18.0. The van der Waals surface area contributed by atoms with Gasteiger partial charge in [-0.1, -0.05) is 48.9 Å². The first kappa shape index (κ1) is 24.8. The van der Waals surface area contributed by atoms with Crippen molar-refractivity contribution in [1.82, 2.24) is 14.7 Å². The van der Waals surface area contributed by atoms with Crippen LogP contribution in [0.5, 0.6) is 0 Å². The predicted octanol–water partition coefficient (Wildman–Crippen LogP) is 3.99. The molecule has 0 unspecified atom stereocenters. The Kier molecular flexibility index (Phi) is 7.87. The number of para-hydroxylation sites is 1. The highest BCUT2D eigenvalue weighted by atomic mass is 16.5. The standard InChI is InChI=1S/C29H38N4O3/c1-36-19-18-32(20-23-12-9-17-31-16-8-7-15-26(23)31)27(34)21-33-28(22-10-3-2-4-11-22)30-25-14-6-5-13-24(25)29(33)35/h2-6,10-11,13-14,23,26,28,30H,7-9,12,15-21H2,1H3/t23-,26+,28+/m0/s1. The first-order valence-electron chi connectivity index (χ1n) is 13.4. The van der Waals surface area contributed by atoms with Crippen LogP contribution in [0.3, 0.4) is 0 Å². The summed E-state index contributed by atoms with van der Waals surface area (Å²) in [6.45, 7) is 4.15. The molecule has 0 spiro atoms. The smallest absolute Gasteiger partial charge is 0.258 e. The van der Waals surface area contributed by atoms with Crippen LogP contribution < -0.4 is 5.32 Å². The zero-order chi connectivity index (χ0) is 24.9. The van der Waals surface area contributed by atoms with E-state index < -0.39 is 6.17 Å². The summed E-state index contributed by atoms with van der Waals surface area (Å²) < 4.78 is 5.37. The lowest BCUT2D eigenvalue weighted by Gasteiger charge is -2.46. The number of carbonyl (C=O) groups is 2. The maximum atomic E-state index is 13.8. The third kappa shape index (κ3) is 5.27. The molecule has 2 aromatic rings. The number of carbonyl (C=O) groups excluding carboxylic acids is 2. The van der Waals surface area contributed by atoms with Crippen molar-refractivity contribution in [3.63, 3.8) is 0 Å². The monoisotopic (exact) mass is 490 g/mol. The molecular weight excluding hydrogens is 452 g/mol. The maximum absolute atomic E-state index is 13.8. The van der Waals surface area contributed by atoms with Gasteiger partial charge in [0.05, 0.1) is 12.2 Å². The third-order valence-electron chi connectivity index (χ3n) is 8.04. The summed E-state index contributed by atoms with van der Waals surface area (Å²) in [5.74, 6) is 0.338. The molecule has 2 fully saturated rings. The number of ether oxygens (including phenoxy) is 1. The molecule has 0 bridgehead atoms. The average Bonchev–Trinajstić information content (AvgIpc) is 2.93. The van der Waals surface area contributed by atoms with Crippen LogP contribution in [0.15, 0.2) is 54.6 Å². The van der Waals surface area contributed by atoms with Gasteiger partial charge in [0, 0.05) is 31.9 Å². The van der Waals surface area contributed by atoms with E-state index in [0.29, 0.717) is 30.7 Å². The van der Waals surface area contributed by atoms with Crippen molar-refractivity contribution in [1.29, 1.82) is 0 Å². The first-order chi connectivity index (χ1) is 17.7. The number of nitrogens with zero attached hydrogens (tertiary/aromatic N) is 3. The van der Waals surface area contributed by atoms with Crippen LogP contribution in [0, 0.1) is 5.92 Å². The normalized spacial score (nSPS) is 24.0. The Morgan fingerprint density at radius 1 is 1.03 bits per heavy atom. The van der Waals surface area contributed by atoms with Gasteiger partial charge in [0.25, 0.3) is 5.91 Å². The molecule has 2 saturated heterocycles. The summed E-state index contributed by atoms with van der Waals surface area (Å²) in [6.07, 6.45) is 5.72. The summed E-state index contributed by atoms with van der Waals surface area (Å²) in [5, 5.41) is 3.50. The van der Waals surface area contributed by atoms with Crippen LogP contribution in [0.4, 0.5) is 5.69 Å². The summed E-state index contributed by atoms with van der Waals surface area (Å²) >= 11 is 0. The molecule has 2 aromatic carbocycles. The molecule has 3 aliphatic heterocycles. The molecule has 192 valence electrons.